The Bertz CT molecular complexity index is 1010. The molecule has 3 aromatic rings. The predicted octanol–water partition coefficient (Wildman–Crippen LogP) is 7.00. The molecule has 0 aliphatic carbocycles. The molecule has 0 spiro atoms. The summed E-state index contributed by atoms with van der Waals surface area (Å²) in [5, 5.41) is 0. The van der Waals surface area contributed by atoms with E-state index in [9.17, 15) is 30.7 Å². The Hall–Kier alpha value is -3.23. The molecule has 0 bridgehead atoms. The van der Waals surface area contributed by atoms with Gasteiger partial charge < -0.3 is 9.47 Å². The van der Waals surface area contributed by atoms with Crippen LogP contribution in [0.2, 0.25) is 0 Å². The molecule has 9 heteroatoms. The zero-order chi connectivity index (χ0) is 21.2. The third kappa shape index (κ3) is 5.40. The van der Waals surface area contributed by atoms with Crippen LogP contribution in [0.4, 0.5) is 30.7 Å². The van der Waals surface area contributed by atoms with Gasteiger partial charge in [0.25, 0.3) is 0 Å². The van der Waals surface area contributed by atoms with Crippen molar-refractivity contribution in [1.82, 2.24) is 0 Å². The quantitative estimate of drug-likeness (QED) is 0.427. The van der Waals surface area contributed by atoms with E-state index >= 15 is 0 Å². The summed E-state index contributed by atoms with van der Waals surface area (Å²) in [6.45, 7) is 0. The first-order valence-corrected chi connectivity index (χ1v) is 7.94. The maximum absolute atomic E-state index is 13.5. The normalized spacial score (nSPS) is 12.0. The number of hydrogen-bond acceptors (Lipinski definition) is 2. The van der Waals surface area contributed by atoms with Crippen LogP contribution in [0, 0.1) is 11.9 Å². The first-order chi connectivity index (χ1) is 13.5. The minimum absolute atomic E-state index is 0.0254. The van der Waals surface area contributed by atoms with Crippen LogP contribution in [0.15, 0.2) is 60.7 Å². The molecule has 2 nitrogen and oxygen atoms in total. The van der Waals surface area contributed by atoms with Crippen LogP contribution in [-0.4, -0.2) is 6.36 Å². The van der Waals surface area contributed by atoms with Gasteiger partial charge in [-0.25, -0.2) is 4.39 Å². The van der Waals surface area contributed by atoms with E-state index in [4.69, 9.17) is 4.74 Å². The fourth-order valence-corrected chi connectivity index (χ4v) is 2.52. The topological polar surface area (TPSA) is 18.5 Å². The van der Waals surface area contributed by atoms with E-state index in [-0.39, 0.29) is 17.1 Å². The van der Waals surface area contributed by atoms with Crippen LogP contribution in [0.5, 0.6) is 17.2 Å². The molecule has 29 heavy (non-hydrogen) atoms. The Morgan fingerprint density at radius 1 is 0.724 bits per heavy atom. The summed E-state index contributed by atoms with van der Waals surface area (Å²) in [6, 6.07) is 13.2. The maximum Gasteiger partial charge on any atom is 0.573 e. The molecule has 0 atom stereocenters. The zero-order valence-corrected chi connectivity index (χ0v) is 14.2. The first-order valence-electron chi connectivity index (χ1n) is 7.94. The van der Waals surface area contributed by atoms with Crippen LogP contribution in [-0.2, 0) is 6.18 Å². The van der Waals surface area contributed by atoms with Crippen molar-refractivity contribution in [3.05, 3.63) is 78.1 Å². The highest BCUT2D eigenvalue weighted by Crippen LogP contribution is 2.38. The van der Waals surface area contributed by atoms with Gasteiger partial charge in [0.05, 0.1) is 5.56 Å². The Kier molecular flexibility index (Phi) is 5.41. The molecule has 0 saturated heterocycles. The van der Waals surface area contributed by atoms with Gasteiger partial charge in [-0.1, -0.05) is 18.2 Å². The van der Waals surface area contributed by atoms with E-state index < -0.39 is 35.2 Å². The van der Waals surface area contributed by atoms with Crippen molar-refractivity contribution in [2.24, 2.45) is 0 Å². The molecule has 0 aliphatic rings. The fraction of sp³-hybridized carbons (Fsp3) is 0.100. The summed E-state index contributed by atoms with van der Waals surface area (Å²) in [4.78, 5) is 0. The number of rotatable bonds is 4. The molecule has 0 amide bonds. The summed E-state index contributed by atoms with van der Waals surface area (Å²) < 4.78 is 99.3. The van der Waals surface area contributed by atoms with Gasteiger partial charge in [-0.2, -0.15) is 13.2 Å². The summed E-state index contributed by atoms with van der Waals surface area (Å²) in [5.74, 6) is -1.51. The van der Waals surface area contributed by atoms with Crippen molar-refractivity contribution >= 4 is 0 Å². The second-order valence-electron chi connectivity index (χ2n) is 5.75. The number of hydrogen-bond donors (Lipinski definition) is 0. The van der Waals surface area contributed by atoms with Gasteiger partial charge in [-0.05, 0) is 42.0 Å². The minimum Gasteiger partial charge on any atom is -0.457 e. The number of benzene rings is 3. The zero-order valence-electron chi connectivity index (χ0n) is 14.2. The van der Waals surface area contributed by atoms with E-state index in [1.54, 1.807) is 0 Å². The van der Waals surface area contributed by atoms with Gasteiger partial charge in [0.2, 0.25) is 0 Å². The lowest BCUT2D eigenvalue weighted by Gasteiger charge is -2.14. The third-order valence-electron chi connectivity index (χ3n) is 3.61. The Morgan fingerprint density at radius 2 is 1.34 bits per heavy atom. The molecule has 0 saturated carbocycles. The largest absolute Gasteiger partial charge is 0.573 e. The van der Waals surface area contributed by atoms with Crippen molar-refractivity contribution in [3.8, 4) is 28.4 Å². The molecular formula is C20H10F7O2. The Labute approximate surface area is 160 Å². The smallest absolute Gasteiger partial charge is 0.457 e. The van der Waals surface area contributed by atoms with Gasteiger partial charge >= 0.3 is 12.5 Å². The van der Waals surface area contributed by atoms with Crippen molar-refractivity contribution < 1.29 is 40.2 Å². The van der Waals surface area contributed by atoms with E-state index in [1.807, 2.05) is 6.07 Å². The highest BCUT2D eigenvalue weighted by molar-refractivity contribution is 5.69. The maximum atomic E-state index is 13.5. The summed E-state index contributed by atoms with van der Waals surface area (Å²) in [5.41, 5.74) is -1.63. The minimum atomic E-state index is -4.89. The lowest BCUT2D eigenvalue weighted by atomic mass is 9.99. The average molecular weight is 415 g/mol. The molecule has 3 aromatic carbocycles. The van der Waals surface area contributed by atoms with Gasteiger partial charge in [0, 0.05) is 17.7 Å². The highest BCUT2D eigenvalue weighted by Gasteiger charge is 2.34. The Balaban J connectivity index is 1.92. The van der Waals surface area contributed by atoms with Gasteiger partial charge in [0.15, 0.2) is 0 Å². The molecule has 151 valence electrons. The second kappa shape index (κ2) is 7.65. The van der Waals surface area contributed by atoms with E-state index in [2.05, 4.69) is 4.74 Å². The van der Waals surface area contributed by atoms with Crippen LogP contribution in [0.1, 0.15) is 5.56 Å². The average Bonchev–Trinajstić information content (AvgIpc) is 2.59. The molecule has 0 aromatic heterocycles. The molecule has 0 unspecified atom stereocenters. The van der Waals surface area contributed by atoms with Crippen molar-refractivity contribution in [3.63, 3.8) is 0 Å². The van der Waals surface area contributed by atoms with E-state index in [0.29, 0.717) is 12.1 Å². The monoisotopic (exact) mass is 415 g/mol. The molecular weight excluding hydrogens is 405 g/mol. The van der Waals surface area contributed by atoms with Crippen LogP contribution < -0.4 is 9.47 Å². The van der Waals surface area contributed by atoms with Crippen molar-refractivity contribution in [2.75, 3.05) is 0 Å². The van der Waals surface area contributed by atoms with E-state index in [1.165, 1.54) is 36.4 Å². The molecule has 3 rings (SSSR count). The van der Waals surface area contributed by atoms with Crippen LogP contribution >= 0.6 is 0 Å². The number of ether oxygens (including phenoxy) is 2. The lowest BCUT2D eigenvalue weighted by Crippen LogP contribution is -2.17. The summed E-state index contributed by atoms with van der Waals surface area (Å²) >= 11 is 0. The van der Waals surface area contributed by atoms with Gasteiger partial charge in [0.1, 0.15) is 23.1 Å². The summed E-state index contributed by atoms with van der Waals surface area (Å²) in [7, 11) is 0. The van der Waals surface area contributed by atoms with Crippen molar-refractivity contribution in [2.45, 2.75) is 12.5 Å². The van der Waals surface area contributed by atoms with Gasteiger partial charge in [-0.15, -0.1) is 13.2 Å². The number of alkyl halides is 6. The third-order valence-corrected chi connectivity index (χ3v) is 3.61. The molecule has 0 heterocycles. The summed E-state index contributed by atoms with van der Waals surface area (Å²) in [6.07, 6.45) is -9.63. The van der Waals surface area contributed by atoms with Crippen LogP contribution in [0.3, 0.4) is 0 Å². The van der Waals surface area contributed by atoms with Crippen molar-refractivity contribution in [1.29, 1.82) is 0 Å². The first kappa shape index (κ1) is 20.5. The predicted molar refractivity (Wildman–Crippen MR) is 88.9 cm³/mol. The standard InChI is InChI=1S/C20H10F7O2/c21-13-7-8-18(19(22,23)24)17(10-13)12-3-1-4-14(9-12)28-15-5-2-6-16(11-15)29-20(25,26)27/h1-9,11H. The van der Waals surface area contributed by atoms with Crippen LogP contribution in [0.25, 0.3) is 11.1 Å². The number of halogens is 7. The molecule has 0 aliphatic heterocycles. The van der Waals surface area contributed by atoms with Gasteiger partial charge in [-0.3, -0.25) is 0 Å². The SMILES string of the molecule is Fc1[c]c(-c2cccc(Oc3cccc(OC(F)(F)F)c3)c2)c(C(F)(F)F)cc1. The highest BCUT2D eigenvalue weighted by atomic mass is 19.4. The molecule has 0 fully saturated rings. The molecule has 1 radical (unpaired) electrons. The fourth-order valence-electron chi connectivity index (χ4n) is 2.52. The Morgan fingerprint density at radius 3 is 2.00 bits per heavy atom. The lowest BCUT2D eigenvalue weighted by molar-refractivity contribution is -0.274. The van der Waals surface area contributed by atoms with E-state index in [0.717, 1.165) is 12.1 Å². The molecule has 0 N–H and O–H groups in total. The second-order valence-corrected chi connectivity index (χ2v) is 5.75.